The molecule has 1 aliphatic heterocycles. The van der Waals surface area contributed by atoms with Gasteiger partial charge in [-0.15, -0.1) is 10.2 Å². The Morgan fingerprint density at radius 3 is 2.84 bits per heavy atom. The zero-order valence-electron chi connectivity index (χ0n) is 12.9. The number of nitrogens with zero attached hydrogens (tertiary/aromatic N) is 2. The number of ether oxygens (including phenoxy) is 2. The summed E-state index contributed by atoms with van der Waals surface area (Å²) < 4.78 is 16.0. The standard InChI is InChI=1S/C17H12ClN3O4/c18-12-4-2-1-3-11(12)17-21-20-15(25-17)8-19-16(22)10-5-6-13-14(7-10)24-9-23-13/h1-7H,8-9H2,(H,19,22). The first-order valence-corrected chi connectivity index (χ1v) is 7.83. The lowest BCUT2D eigenvalue weighted by molar-refractivity contribution is 0.0947. The highest BCUT2D eigenvalue weighted by atomic mass is 35.5. The van der Waals surface area contributed by atoms with E-state index >= 15 is 0 Å². The van der Waals surface area contributed by atoms with Crippen LogP contribution in [0, 0.1) is 0 Å². The predicted octanol–water partition coefficient (Wildman–Crippen LogP) is 3.05. The minimum Gasteiger partial charge on any atom is -0.454 e. The summed E-state index contributed by atoms with van der Waals surface area (Å²) in [6.45, 7) is 0.262. The molecule has 8 heteroatoms. The van der Waals surface area contributed by atoms with Gasteiger partial charge in [-0.25, -0.2) is 0 Å². The number of benzene rings is 2. The number of carbonyl (C=O) groups excluding carboxylic acids is 1. The van der Waals surface area contributed by atoms with Crippen molar-refractivity contribution >= 4 is 17.5 Å². The van der Waals surface area contributed by atoms with Crippen molar-refractivity contribution in [2.75, 3.05) is 6.79 Å². The van der Waals surface area contributed by atoms with Gasteiger partial charge in [0.2, 0.25) is 18.6 Å². The summed E-state index contributed by atoms with van der Waals surface area (Å²) in [7, 11) is 0. The highest BCUT2D eigenvalue weighted by Gasteiger charge is 2.17. The van der Waals surface area contributed by atoms with Crippen molar-refractivity contribution in [1.29, 1.82) is 0 Å². The van der Waals surface area contributed by atoms with Crippen LogP contribution in [0.5, 0.6) is 11.5 Å². The Kier molecular flexibility index (Phi) is 3.99. The molecular weight excluding hydrogens is 346 g/mol. The monoisotopic (exact) mass is 357 g/mol. The average molecular weight is 358 g/mol. The fraction of sp³-hybridized carbons (Fsp3) is 0.118. The highest BCUT2D eigenvalue weighted by Crippen LogP contribution is 2.32. The number of hydrogen-bond acceptors (Lipinski definition) is 6. The molecule has 0 fully saturated rings. The van der Waals surface area contributed by atoms with E-state index in [4.69, 9.17) is 25.5 Å². The van der Waals surface area contributed by atoms with Gasteiger partial charge in [-0.2, -0.15) is 0 Å². The molecular formula is C17H12ClN3O4. The van der Waals surface area contributed by atoms with Crippen molar-refractivity contribution < 1.29 is 18.7 Å². The zero-order chi connectivity index (χ0) is 17.2. The van der Waals surface area contributed by atoms with Crippen LogP contribution in [0.15, 0.2) is 46.9 Å². The van der Waals surface area contributed by atoms with E-state index < -0.39 is 0 Å². The Labute approximate surface area is 147 Å². The third-order valence-electron chi connectivity index (χ3n) is 3.61. The molecule has 3 aromatic rings. The van der Waals surface area contributed by atoms with Gasteiger partial charge in [0, 0.05) is 5.56 Å². The zero-order valence-corrected chi connectivity index (χ0v) is 13.6. The van der Waals surface area contributed by atoms with Gasteiger partial charge in [-0.3, -0.25) is 4.79 Å². The third-order valence-corrected chi connectivity index (χ3v) is 3.94. The van der Waals surface area contributed by atoms with Crippen LogP contribution in [0.2, 0.25) is 5.02 Å². The third kappa shape index (κ3) is 3.14. The van der Waals surface area contributed by atoms with Crippen LogP contribution in [0.4, 0.5) is 0 Å². The fourth-order valence-corrected chi connectivity index (χ4v) is 2.58. The van der Waals surface area contributed by atoms with Gasteiger partial charge >= 0.3 is 0 Å². The van der Waals surface area contributed by atoms with Crippen LogP contribution >= 0.6 is 11.6 Å². The lowest BCUT2D eigenvalue weighted by Gasteiger charge is -2.03. The normalized spacial score (nSPS) is 12.2. The van der Waals surface area contributed by atoms with Crippen molar-refractivity contribution in [2.24, 2.45) is 0 Å². The predicted molar refractivity (Wildman–Crippen MR) is 88.5 cm³/mol. The molecule has 0 saturated heterocycles. The molecule has 0 bridgehead atoms. The smallest absolute Gasteiger partial charge is 0.251 e. The topological polar surface area (TPSA) is 86.5 Å². The summed E-state index contributed by atoms with van der Waals surface area (Å²) in [5, 5.41) is 11.1. The largest absolute Gasteiger partial charge is 0.454 e. The Bertz CT molecular complexity index is 941. The van der Waals surface area contributed by atoms with Crippen LogP contribution in [0.1, 0.15) is 16.2 Å². The molecule has 0 saturated carbocycles. The first kappa shape index (κ1) is 15.5. The summed E-state index contributed by atoms with van der Waals surface area (Å²) >= 11 is 6.10. The van der Waals surface area contributed by atoms with Gasteiger partial charge in [0.1, 0.15) is 0 Å². The Morgan fingerprint density at radius 2 is 1.96 bits per heavy atom. The van der Waals surface area contributed by atoms with Gasteiger partial charge in [0.15, 0.2) is 11.5 Å². The van der Waals surface area contributed by atoms with Gasteiger partial charge < -0.3 is 19.2 Å². The SMILES string of the molecule is O=C(NCc1nnc(-c2ccccc2Cl)o1)c1ccc2c(c1)OCO2. The number of amides is 1. The van der Waals surface area contributed by atoms with E-state index in [2.05, 4.69) is 15.5 Å². The fourth-order valence-electron chi connectivity index (χ4n) is 2.36. The number of rotatable bonds is 4. The number of halogens is 1. The number of aromatic nitrogens is 2. The van der Waals surface area contributed by atoms with E-state index in [1.165, 1.54) is 0 Å². The number of carbonyl (C=O) groups is 1. The van der Waals surface area contributed by atoms with Gasteiger partial charge in [0.05, 0.1) is 17.1 Å². The van der Waals surface area contributed by atoms with Crippen LogP contribution in [0.25, 0.3) is 11.5 Å². The second-order valence-electron chi connectivity index (χ2n) is 5.23. The first-order valence-electron chi connectivity index (χ1n) is 7.46. The minimum atomic E-state index is -0.282. The summed E-state index contributed by atoms with van der Waals surface area (Å²) in [6.07, 6.45) is 0. The second-order valence-corrected chi connectivity index (χ2v) is 5.64. The van der Waals surface area contributed by atoms with Crippen LogP contribution in [-0.4, -0.2) is 22.9 Å². The molecule has 25 heavy (non-hydrogen) atoms. The van der Waals surface area contributed by atoms with E-state index in [1.54, 1.807) is 30.3 Å². The molecule has 0 spiro atoms. The number of nitrogens with one attached hydrogen (secondary N) is 1. The van der Waals surface area contributed by atoms with E-state index in [9.17, 15) is 4.79 Å². The summed E-state index contributed by atoms with van der Waals surface area (Å²) in [5.74, 6) is 1.47. The molecule has 126 valence electrons. The molecule has 1 N–H and O–H groups in total. The quantitative estimate of drug-likeness (QED) is 0.772. The average Bonchev–Trinajstić information content (AvgIpc) is 3.28. The first-order chi connectivity index (χ1) is 12.2. The lowest BCUT2D eigenvalue weighted by atomic mass is 10.2. The summed E-state index contributed by atoms with van der Waals surface area (Å²) in [5.41, 5.74) is 1.10. The van der Waals surface area contributed by atoms with Crippen molar-refractivity contribution in [3.8, 4) is 23.0 Å². The van der Waals surface area contributed by atoms with E-state index in [0.29, 0.717) is 33.5 Å². The molecule has 0 aliphatic carbocycles. The number of fused-ring (bicyclic) bond motifs is 1. The van der Waals surface area contributed by atoms with Crippen molar-refractivity contribution in [3.05, 3.63) is 58.9 Å². The van der Waals surface area contributed by atoms with E-state index in [0.717, 1.165) is 0 Å². The van der Waals surface area contributed by atoms with Gasteiger partial charge in [-0.05, 0) is 30.3 Å². The number of hydrogen-bond donors (Lipinski definition) is 1. The van der Waals surface area contributed by atoms with E-state index in [-0.39, 0.29) is 25.1 Å². The van der Waals surface area contributed by atoms with Crippen molar-refractivity contribution in [2.45, 2.75) is 6.54 Å². The summed E-state index contributed by atoms with van der Waals surface area (Å²) in [6, 6.07) is 12.1. The second kappa shape index (κ2) is 6.45. The lowest BCUT2D eigenvalue weighted by Crippen LogP contribution is -2.22. The maximum Gasteiger partial charge on any atom is 0.251 e. The van der Waals surface area contributed by atoms with E-state index in [1.807, 2.05) is 12.1 Å². The molecule has 1 amide bonds. The highest BCUT2D eigenvalue weighted by molar-refractivity contribution is 6.33. The molecule has 0 unspecified atom stereocenters. The Morgan fingerprint density at radius 1 is 1.12 bits per heavy atom. The van der Waals surface area contributed by atoms with Crippen molar-refractivity contribution in [1.82, 2.24) is 15.5 Å². The van der Waals surface area contributed by atoms with Gasteiger partial charge in [0.25, 0.3) is 5.91 Å². The van der Waals surface area contributed by atoms with Gasteiger partial charge in [-0.1, -0.05) is 23.7 Å². The molecule has 1 aliphatic rings. The maximum absolute atomic E-state index is 12.2. The van der Waals surface area contributed by atoms with Crippen molar-refractivity contribution in [3.63, 3.8) is 0 Å². The minimum absolute atomic E-state index is 0.102. The van der Waals surface area contributed by atoms with Crippen LogP contribution < -0.4 is 14.8 Å². The molecule has 0 radical (unpaired) electrons. The molecule has 7 nitrogen and oxygen atoms in total. The Balaban J connectivity index is 1.43. The Hall–Kier alpha value is -3.06. The molecule has 1 aromatic heterocycles. The van der Waals surface area contributed by atoms with Crippen LogP contribution in [-0.2, 0) is 6.54 Å². The molecule has 4 rings (SSSR count). The molecule has 0 atom stereocenters. The molecule has 2 aromatic carbocycles. The molecule has 2 heterocycles. The maximum atomic E-state index is 12.2. The van der Waals surface area contributed by atoms with Crippen LogP contribution in [0.3, 0.4) is 0 Å². The summed E-state index contributed by atoms with van der Waals surface area (Å²) in [4.78, 5) is 12.2.